The number of halogens is 4. The number of anilines is 1. The van der Waals surface area contributed by atoms with Gasteiger partial charge in [-0.25, -0.2) is 9.37 Å². The number of nitrogens with one attached hydrogen (secondary N) is 2. The Morgan fingerprint density at radius 3 is 2.81 bits per heavy atom. The molecule has 1 aliphatic rings. The van der Waals surface area contributed by atoms with Gasteiger partial charge in [0, 0.05) is 38.9 Å². The number of aliphatic imine (C=N–C) groups is 1. The number of aromatic nitrogens is 1. The molecule has 0 spiro atoms. The number of alkyl halides is 2. The molecule has 2 heterocycles. The van der Waals surface area contributed by atoms with E-state index in [0.29, 0.717) is 38.0 Å². The van der Waals surface area contributed by atoms with E-state index in [4.69, 9.17) is 4.74 Å². The first-order valence-electron chi connectivity index (χ1n) is 10.0. The summed E-state index contributed by atoms with van der Waals surface area (Å²) in [6.45, 7) is 0.866. The average Bonchev–Trinajstić information content (AvgIpc) is 3.21. The van der Waals surface area contributed by atoms with Gasteiger partial charge in [0.15, 0.2) is 29.1 Å². The van der Waals surface area contributed by atoms with E-state index in [1.54, 1.807) is 38.4 Å². The zero-order valence-electron chi connectivity index (χ0n) is 17.9. The second-order valence-corrected chi connectivity index (χ2v) is 6.90. The number of benzene rings is 1. The Morgan fingerprint density at radius 2 is 2.12 bits per heavy atom. The van der Waals surface area contributed by atoms with Crippen LogP contribution in [0.4, 0.5) is 19.0 Å². The van der Waals surface area contributed by atoms with E-state index in [9.17, 15) is 13.2 Å². The molecule has 11 heteroatoms. The Kier molecular flexibility index (Phi) is 10.1. The maximum atomic E-state index is 14.0. The normalized spacial score (nSPS) is 16.0. The van der Waals surface area contributed by atoms with E-state index in [1.807, 2.05) is 4.90 Å². The molecule has 1 aliphatic heterocycles. The predicted octanol–water partition coefficient (Wildman–Crippen LogP) is 3.78. The maximum absolute atomic E-state index is 14.0. The van der Waals surface area contributed by atoms with Crippen molar-refractivity contribution in [3.8, 4) is 11.5 Å². The van der Waals surface area contributed by atoms with Gasteiger partial charge in [0.05, 0.1) is 6.61 Å². The van der Waals surface area contributed by atoms with Gasteiger partial charge >= 0.3 is 6.61 Å². The zero-order chi connectivity index (χ0) is 22.2. The molecule has 2 N–H and O–H groups in total. The van der Waals surface area contributed by atoms with Crippen LogP contribution >= 0.6 is 24.0 Å². The van der Waals surface area contributed by atoms with Crippen LogP contribution in [0, 0.1) is 5.82 Å². The molecule has 0 aliphatic carbocycles. The van der Waals surface area contributed by atoms with E-state index in [1.165, 1.54) is 12.1 Å². The maximum Gasteiger partial charge on any atom is 0.387 e. The van der Waals surface area contributed by atoms with E-state index in [-0.39, 0.29) is 47.3 Å². The van der Waals surface area contributed by atoms with Gasteiger partial charge in [0.2, 0.25) is 0 Å². The smallest absolute Gasteiger partial charge is 0.387 e. The number of pyridine rings is 1. The van der Waals surface area contributed by atoms with E-state index >= 15 is 0 Å². The lowest BCUT2D eigenvalue weighted by Gasteiger charge is -2.20. The third-order valence-electron chi connectivity index (χ3n) is 4.78. The summed E-state index contributed by atoms with van der Waals surface area (Å²) < 4.78 is 49.0. The molecule has 0 radical (unpaired) electrons. The summed E-state index contributed by atoms with van der Waals surface area (Å²) in [6, 6.07) is 7.84. The largest absolute Gasteiger partial charge is 0.490 e. The van der Waals surface area contributed by atoms with Crippen LogP contribution in [0.25, 0.3) is 0 Å². The SMILES string of the molecule is CCOc1cc(CNC(=NC)NC2CCN(c3ncccc3F)C2)ccc1OC(F)F.I. The van der Waals surface area contributed by atoms with Crippen LogP contribution in [0.15, 0.2) is 41.5 Å². The number of rotatable bonds is 8. The Hall–Kier alpha value is -2.44. The molecule has 1 aromatic heterocycles. The molecule has 0 bridgehead atoms. The number of guanidine groups is 1. The van der Waals surface area contributed by atoms with Crippen molar-refractivity contribution in [3.63, 3.8) is 0 Å². The summed E-state index contributed by atoms with van der Waals surface area (Å²) in [4.78, 5) is 10.3. The van der Waals surface area contributed by atoms with E-state index in [2.05, 4.69) is 25.3 Å². The first-order chi connectivity index (χ1) is 15.0. The highest BCUT2D eigenvalue weighted by atomic mass is 127. The zero-order valence-corrected chi connectivity index (χ0v) is 20.2. The van der Waals surface area contributed by atoms with Crippen molar-refractivity contribution in [2.75, 3.05) is 31.6 Å². The van der Waals surface area contributed by atoms with Gasteiger partial charge in [-0.3, -0.25) is 4.99 Å². The fourth-order valence-electron chi connectivity index (χ4n) is 3.38. The Bertz CT molecular complexity index is 903. The first kappa shape index (κ1) is 25.8. The first-order valence-corrected chi connectivity index (χ1v) is 10.0. The molecule has 32 heavy (non-hydrogen) atoms. The van der Waals surface area contributed by atoms with Crippen molar-refractivity contribution < 1.29 is 22.6 Å². The van der Waals surface area contributed by atoms with Gasteiger partial charge in [-0.1, -0.05) is 6.07 Å². The van der Waals surface area contributed by atoms with Gasteiger partial charge in [-0.05, 0) is 43.2 Å². The van der Waals surface area contributed by atoms with Gasteiger partial charge < -0.3 is 25.0 Å². The quantitative estimate of drug-likeness (QED) is 0.289. The van der Waals surface area contributed by atoms with Crippen LogP contribution in [-0.4, -0.2) is 50.3 Å². The molecule has 1 saturated heterocycles. The summed E-state index contributed by atoms with van der Waals surface area (Å²) in [5, 5.41) is 6.52. The molecule has 7 nitrogen and oxygen atoms in total. The molecule has 0 amide bonds. The molecular weight excluding hydrogens is 538 g/mol. The van der Waals surface area contributed by atoms with Crippen molar-refractivity contribution >= 4 is 35.8 Å². The van der Waals surface area contributed by atoms with E-state index < -0.39 is 6.61 Å². The predicted molar refractivity (Wildman–Crippen MR) is 128 cm³/mol. The lowest BCUT2D eigenvalue weighted by molar-refractivity contribution is -0.0514. The van der Waals surface area contributed by atoms with Crippen molar-refractivity contribution in [3.05, 3.63) is 47.9 Å². The standard InChI is InChI=1S/C21H26F3N5O2.HI/c1-3-30-18-11-14(6-7-17(18)31-20(23)24)12-27-21(25-2)28-15-8-10-29(13-15)19-16(22)5-4-9-26-19;/h4-7,9,11,15,20H,3,8,10,12-13H2,1-2H3,(H2,25,27,28);1H. The molecule has 2 aromatic rings. The fourth-order valence-corrected chi connectivity index (χ4v) is 3.38. The van der Waals surface area contributed by atoms with Crippen LogP contribution in [0.1, 0.15) is 18.9 Å². The molecule has 1 atom stereocenters. The molecule has 176 valence electrons. The molecular formula is C21H27F3IN5O2. The van der Waals surface area contributed by atoms with Gasteiger partial charge in [-0.2, -0.15) is 8.78 Å². The summed E-state index contributed by atoms with van der Waals surface area (Å²) in [5.41, 5.74) is 0.816. The molecule has 3 rings (SSSR count). The number of hydrogen-bond acceptors (Lipinski definition) is 5. The van der Waals surface area contributed by atoms with Crippen LogP contribution in [0.5, 0.6) is 11.5 Å². The van der Waals surface area contributed by atoms with Gasteiger partial charge in [-0.15, -0.1) is 24.0 Å². The lowest BCUT2D eigenvalue weighted by atomic mass is 10.2. The Balaban J connectivity index is 0.00000363. The highest BCUT2D eigenvalue weighted by molar-refractivity contribution is 14.0. The van der Waals surface area contributed by atoms with Crippen molar-refractivity contribution in [2.24, 2.45) is 4.99 Å². The van der Waals surface area contributed by atoms with Gasteiger partial charge in [0.25, 0.3) is 0 Å². The topological polar surface area (TPSA) is 71.0 Å². The minimum absolute atomic E-state index is 0. The minimum atomic E-state index is -2.92. The third kappa shape index (κ3) is 7.04. The highest BCUT2D eigenvalue weighted by Crippen LogP contribution is 2.30. The average molecular weight is 565 g/mol. The van der Waals surface area contributed by atoms with Crippen molar-refractivity contribution in [1.82, 2.24) is 15.6 Å². The number of nitrogens with zero attached hydrogens (tertiary/aromatic N) is 3. The minimum Gasteiger partial charge on any atom is -0.490 e. The summed E-state index contributed by atoms with van der Waals surface area (Å²) in [5.74, 6) is 0.850. The highest BCUT2D eigenvalue weighted by Gasteiger charge is 2.26. The Labute approximate surface area is 202 Å². The van der Waals surface area contributed by atoms with Gasteiger partial charge in [0.1, 0.15) is 0 Å². The fraction of sp³-hybridized carbons (Fsp3) is 0.429. The molecule has 1 aromatic carbocycles. The van der Waals surface area contributed by atoms with Crippen LogP contribution < -0.4 is 25.0 Å². The van der Waals surface area contributed by atoms with Crippen LogP contribution in [0.2, 0.25) is 0 Å². The summed E-state index contributed by atoms with van der Waals surface area (Å²) in [7, 11) is 1.66. The second-order valence-electron chi connectivity index (χ2n) is 6.90. The molecule has 1 unspecified atom stereocenters. The lowest BCUT2D eigenvalue weighted by Crippen LogP contribution is -2.44. The second kappa shape index (κ2) is 12.6. The number of ether oxygens (including phenoxy) is 2. The monoisotopic (exact) mass is 565 g/mol. The van der Waals surface area contributed by atoms with E-state index in [0.717, 1.165) is 12.0 Å². The van der Waals surface area contributed by atoms with Crippen molar-refractivity contribution in [2.45, 2.75) is 32.5 Å². The third-order valence-corrected chi connectivity index (χ3v) is 4.78. The number of hydrogen-bond donors (Lipinski definition) is 2. The van der Waals surface area contributed by atoms with Crippen LogP contribution in [0.3, 0.4) is 0 Å². The summed E-state index contributed by atoms with van der Waals surface area (Å²) in [6.07, 6.45) is 2.39. The van der Waals surface area contributed by atoms with Crippen LogP contribution in [-0.2, 0) is 6.54 Å². The summed E-state index contributed by atoms with van der Waals surface area (Å²) >= 11 is 0. The molecule has 0 saturated carbocycles. The molecule has 1 fully saturated rings. The Morgan fingerprint density at radius 1 is 1.31 bits per heavy atom. The van der Waals surface area contributed by atoms with Crippen molar-refractivity contribution in [1.29, 1.82) is 0 Å².